The predicted octanol–water partition coefficient (Wildman–Crippen LogP) is 5.50. The lowest BCUT2D eigenvalue weighted by atomic mass is 10.2. The number of rotatable bonds is 7. The second kappa shape index (κ2) is 11.3. The van der Waals surface area contributed by atoms with Gasteiger partial charge in [0.25, 0.3) is 0 Å². The standard InChI is InChI=1S/C26H25IN2O4/c1-2-32-25-17-19(7-12-24(25)33-26(30)22-5-3-4-6-23(22)27)18-28-20-8-10-21(11-9-20)29-13-15-31-16-14-29/h3-12,17-18H,2,13-16H2,1H3. The molecule has 0 atom stereocenters. The number of carbonyl (C=O) groups excluding carboxylic acids is 1. The lowest BCUT2D eigenvalue weighted by molar-refractivity contribution is 0.0727. The molecule has 1 heterocycles. The number of esters is 1. The number of anilines is 1. The molecule has 0 amide bonds. The van der Waals surface area contributed by atoms with Crippen molar-refractivity contribution in [1.29, 1.82) is 0 Å². The molecule has 0 unspecified atom stereocenters. The summed E-state index contributed by atoms with van der Waals surface area (Å²) in [4.78, 5) is 19.5. The zero-order valence-electron chi connectivity index (χ0n) is 18.4. The van der Waals surface area contributed by atoms with E-state index >= 15 is 0 Å². The molecule has 170 valence electrons. The summed E-state index contributed by atoms with van der Waals surface area (Å²) in [6.07, 6.45) is 1.78. The van der Waals surface area contributed by atoms with Gasteiger partial charge in [-0.1, -0.05) is 12.1 Å². The summed E-state index contributed by atoms with van der Waals surface area (Å²) >= 11 is 2.12. The van der Waals surface area contributed by atoms with E-state index < -0.39 is 5.97 Å². The Hall–Kier alpha value is -2.91. The Kier molecular flexibility index (Phi) is 7.96. The topological polar surface area (TPSA) is 60.4 Å². The fourth-order valence-electron chi connectivity index (χ4n) is 3.46. The number of ether oxygens (including phenoxy) is 3. The van der Waals surface area contributed by atoms with Crippen LogP contribution in [0, 0.1) is 3.57 Å². The number of halogens is 1. The lowest BCUT2D eigenvalue weighted by Crippen LogP contribution is -2.36. The number of carbonyl (C=O) groups is 1. The smallest absolute Gasteiger partial charge is 0.344 e. The van der Waals surface area contributed by atoms with Gasteiger partial charge in [-0.2, -0.15) is 0 Å². The third-order valence-electron chi connectivity index (χ3n) is 5.15. The molecule has 3 aromatic rings. The molecule has 1 aliphatic rings. The second-order valence-electron chi connectivity index (χ2n) is 7.38. The van der Waals surface area contributed by atoms with Crippen molar-refractivity contribution >= 4 is 46.1 Å². The molecule has 0 bridgehead atoms. The Bertz CT molecular complexity index is 1130. The van der Waals surface area contributed by atoms with Crippen LogP contribution in [0.3, 0.4) is 0 Å². The number of aliphatic imine (C=N–C) groups is 1. The van der Waals surface area contributed by atoms with Gasteiger partial charge < -0.3 is 19.1 Å². The Morgan fingerprint density at radius 2 is 1.82 bits per heavy atom. The maximum absolute atomic E-state index is 12.6. The van der Waals surface area contributed by atoms with Crippen molar-refractivity contribution in [3.05, 3.63) is 81.4 Å². The van der Waals surface area contributed by atoms with Crippen LogP contribution >= 0.6 is 22.6 Å². The number of benzene rings is 3. The molecular weight excluding hydrogens is 531 g/mol. The minimum Gasteiger partial charge on any atom is -0.490 e. The first kappa shape index (κ1) is 23.3. The number of morpholine rings is 1. The third-order valence-corrected chi connectivity index (χ3v) is 6.09. The SMILES string of the molecule is CCOc1cc(C=Nc2ccc(N3CCOCC3)cc2)ccc1OC(=O)c1ccccc1I. The maximum atomic E-state index is 12.6. The maximum Gasteiger partial charge on any atom is 0.344 e. The van der Waals surface area contributed by atoms with Crippen LogP contribution < -0.4 is 14.4 Å². The van der Waals surface area contributed by atoms with Gasteiger partial charge in [-0.15, -0.1) is 0 Å². The molecule has 3 aromatic carbocycles. The highest BCUT2D eigenvalue weighted by Crippen LogP contribution is 2.30. The van der Waals surface area contributed by atoms with Crippen molar-refractivity contribution < 1.29 is 19.0 Å². The first-order chi connectivity index (χ1) is 16.1. The molecule has 1 aliphatic heterocycles. The Morgan fingerprint density at radius 1 is 1.06 bits per heavy atom. The van der Waals surface area contributed by atoms with Crippen molar-refractivity contribution in [3.8, 4) is 11.5 Å². The average Bonchev–Trinajstić information content (AvgIpc) is 2.85. The van der Waals surface area contributed by atoms with Gasteiger partial charge in [-0.3, -0.25) is 4.99 Å². The number of hydrogen-bond donors (Lipinski definition) is 0. The Labute approximate surface area is 207 Å². The molecular formula is C26H25IN2O4. The summed E-state index contributed by atoms with van der Waals surface area (Å²) in [5.41, 5.74) is 3.41. The summed E-state index contributed by atoms with van der Waals surface area (Å²) in [5.74, 6) is 0.472. The zero-order valence-corrected chi connectivity index (χ0v) is 20.5. The van der Waals surface area contributed by atoms with E-state index in [0.29, 0.717) is 23.7 Å². The van der Waals surface area contributed by atoms with Crippen molar-refractivity contribution in [1.82, 2.24) is 0 Å². The van der Waals surface area contributed by atoms with Crippen LogP contribution in [-0.2, 0) is 4.74 Å². The van der Waals surface area contributed by atoms with Crippen molar-refractivity contribution in [2.75, 3.05) is 37.8 Å². The van der Waals surface area contributed by atoms with E-state index in [1.54, 1.807) is 18.3 Å². The van der Waals surface area contributed by atoms with E-state index in [0.717, 1.165) is 41.1 Å². The van der Waals surface area contributed by atoms with E-state index in [4.69, 9.17) is 14.2 Å². The molecule has 6 nitrogen and oxygen atoms in total. The molecule has 33 heavy (non-hydrogen) atoms. The summed E-state index contributed by atoms with van der Waals surface area (Å²) in [6.45, 7) is 5.68. The molecule has 7 heteroatoms. The average molecular weight is 556 g/mol. The van der Waals surface area contributed by atoms with Crippen molar-refractivity contribution in [2.24, 2.45) is 4.99 Å². The van der Waals surface area contributed by atoms with Crippen LogP contribution in [0.1, 0.15) is 22.8 Å². The molecule has 1 saturated heterocycles. The van der Waals surface area contributed by atoms with E-state index in [1.807, 2.05) is 49.4 Å². The van der Waals surface area contributed by atoms with Crippen LogP contribution in [0.25, 0.3) is 0 Å². The third kappa shape index (κ3) is 6.11. The van der Waals surface area contributed by atoms with Crippen LogP contribution in [0.2, 0.25) is 0 Å². The van der Waals surface area contributed by atoms with Crippen LogP contribution in [0.15, 0.2) is 71.7 Å². The highest BCUT2D eigenvalue weighted by atomic mass is 127. The van der Waals surface area contributed by atoms with Gasteiger partial charge >= 0.3 is 5.97 Å². The van der Waals surface area contributed by atoms with Gasteiger partial charge in [0.05, 0.1) is 31.1 Å². The molecule has 4 rings (SSSR count). The van der Waals surface area contributed by atoms with E-state index in [-0.39, 0.29) is 0 Å². The number of nitrogens with zero attached hydrogens (tertiary/aromatic N) is 2. The molecule has 1 fully saturated rings. The van der Waals surface area contributed by atoms with Gasteiger partial charge in [0.1, 0.15) is 0 Å². The van der Waals surface area contributed by atoms with E-state index in [2.05, 4.69) is 44.6 Å². The molecule has 0 aliphatic carbocycles. The molecule has 0 spiro atoms. The summed E-state index contributed by atoms with van der Waals surface area (Å²) < 4.78 is 17.6. The highest BCUT2D eigenvalue weighted by molar-refractivity contribution is 14.1. The summed E-state index contributed by atoms with van der Waals surface area (Å²) in [7, 11) is 0. The van der Waals surface area contributed by atoms with Gasteiger partial charge in [-0.05, 0) is 89.7 Å². The molecule has 0 aromatic heterocycles. The number of hydrogen-bond acceptors (Lipinski definition) is 6. The van der Waals surface area contributed by atoms with Gasteiger partial charge in [-0.25, -0.2) is 4.79 Å². The minimum absolute atomic E-state index is 0.383. The monoisotopic (exact) mass is 556 g/mol. The Morgan fingerprint density at radius 3 is 2.55 bits per heavy atom. The second-order valence-corrected chi connectivity index (χ2v) is 8.54. The largest absolute Gasteiger partial charge is 0.490 e. The summed E-state index contributed by atoms with van der Waals surface area (Å²) in [5, 5.41) is 0. The summed E-state index contributed by atoms with van der Waals surface area (Å²) in [6, 6.07) is 20.9. The van der Waals surface area contributed by atoms with Crippen LogP contribution in [0.4, 0.5) is 11.4 Å². The quantitative estimate of drug-likeness (QED) is 0.167. The minimum atomic E-state index is -0.414. The predicted molar refractivity (Wildman–Crippen MR) is 138 cm³/mol. The molecule has 0 N–H and O–H groups in total. The lowest BCUT2D eigenvalue weighted by Gasteiger charge is -2.28. The fraction of sp³-hybridized carbons (Fsp3) is 0.231. The van der Waals surface area contributed by atoms with Crippen LogP contribution in [0.5, 0.6) is 11.5 Å². The van der Waals surface area contributed by atoms with Crippen molar-refractivity contribution in [2.45, 2.75) is 6.92 Å². The molecule has 0 radical (unpaired) electrons. The zero-order chi connectivity index (χ0) is 23.0. The Balaban J connectivity index is 1.47. The highest BCUT2D eigenvalue weighted by Gasteiger charge is 2.15. The first-order valence-electron chi connectivity index (χ1n) is 10.8. The fourth-order valence-corrected chi connectivity index (χ4v) is 4.07. The van der Waals surface area contributed by atoms with Crippen molar-refractivity contribution in [3.63, 3.8) is 0 Å². The normalized spacial score (nSPS) is 13.8. The van der Waals surface area contributed by atoms with Gasteiger partial charge in [0.15, 0.2) is 11.5 Å². The van der Waals surface area contributed by atoms with E-state index in [9.17, 15) is 4.79 Å². The van der Waals surface area contributed by atoms with E-state index in [1.165, 1.54) is 5.69 Å². The van der Waals surface area contributed by atoms with Crippen LogP contribution in [-0.4, -0.2) is 45.1 Å². The molecule has 0 saturated carbocycles. The van der Waals surface area contributed by atoms with Gasteiger partial charge in [0.2, 0.25) is 0 Å². The first-order valence-corrected chi connectivity index (χ1v) is 11.9. The van der Waals surface area contributed by atoms with Gasteiger partial charge in [0, 0.05) is 28.6 Å².